The highest BCUT2D eigenvalue weighted by molar-refractivity contribution is 4.71. The fourth-order valence-corrected chi connectivity index (χ4v) is 0.675. The molecule has 1 aliphatic rings. The Bertz CT molecular complexity index is 120. The molecule has 8 heavy (non-hydrogen) atoms. The zero-order chi connectivity index (χ0) is 7.83. The van der Waals surface area contributed by atoms with Crippen LogP contribution in [-0.4, -0.2) is 25.2 Å². The molecule has 2 atom stereocenters. The summed E-state index contributed by atoms with van der Waals surface area (Å²) in [4.78, 5) is 0. The summed E-state index contributed by atoms with van der Waals surface area (Å²) in [5.74, 6) is 0. The van der Waals surface area contributed by atoms with E-state index in [4.69, 9.17) is 7.48 Å². The molecule has 0 amide bonds. The molecule has 1 N–H and O–H groups in total. The number of hydrogen-bond donors (Lipinski definition) is 1. The van der Waals surface area contributed by atoms with Crippen molar-refractivity contribution < 1.29 is 7.48 Å². The monoisotopic (exact) mass is 117 g/mol. The highest BCUT2D eigenvalue weighted by atomic mass is 16.5. The maximum atomic E-state index is 7.61. The normalized spacial score (nSPS) is 61.8. The van der Waals surface area contributed by atoms with Gasteiger partial charge >= 0.3 is 0 Å². The van der Waals surface area contributed by atoms with Crippen LogP contribution in [0.1, 0.15) is 16.6 Å². The van der Waals surface area contributed by atoms with Crippen molar-refractivity contribution in [2.24, 2.45) is 0 Å². The van der Waals surface area contributed by atoms with Gasteiger partial charge in [0.25, 0.3) is 0 Å². The highest BCUT2D eigenvalue weighted by Crippen LogP contribution is 2.00. The van der Waals surface area contributed by atoms with E-state index in [2.05, 4.69) is 5.32 Å². The highest BCUT2D eigenvalue weighted by Gasteiger charge is 2.15. The Morgan fingerprint density at radius 1 is 1.75 bits per heavy atom. The van der Waals surface area contributed by atoms with Crippen LogP contribution in [-0.2, 0) is 4.74 Å². The van der Waals surface area contributed by atoms with E-state index >= 15 is 0 Å². The van der Waals surface area contributed by atoms with E-state index in [1.165, 1.54) is 0 Å². The maximum absolute atomic E-state index is 7.61. The van der Waals surface area contributed by atoms with Gasteiger partial charge in [0.15, 0.2) is 0 Å². The van der Waals surface area contributed by atoms with E-state index in [0.717, 1.165) is 0 Å². The number of ether oxygens (including phenoxy) is 1. The Morgan fingerprint density at radius 2 is 2.50 bits per heavy atom. The molecule has 2 nitrogen and oxygen atoms in total. The summed E-state index contributed by atoms with van der Waals surface area (Å²) < 4.78 is 20.3. The van der Waals surface area contributed by atoms with Crippen molar-refractivity contribution in [3.63, 3.8) is 0 Å². The third-order valence-electron chi connectivity index (χ3n) is 1.34. The molecule has 0 radical (unpaired) electrons. The smallest absolute Gasteiger partial charge is 0.0697 e. The minimum Gasteiger partial charge on any atom is -0.376 e. The van der Waals surface area contributed by atoms with Crippen molar-refractivity contribution in [3.05, 3.63) is 0 Å². The van der Waals surface area contributed by atoms with E-state index in [-0.39, 0.29) is 0 Å². The molecule has 1 heterocycles. The Morgan fingerprint density at radius 3 is 2.88 bits per heavy atom. The minimum absolute atomic E-state index is 0.522. The second-order valence-corrected chi connectivity index (χ2v) is 1.96. The molecule has 0 spiro atoms. The largest absolute Gasteiger partial charge is 0.376 e. The average molecular weight is 117 g/mol. The summed E-state index contributed by atoms with van der Waals surface area (Å²) >= 11 is 0. The SMILES string of the molecule is [2H]C1(C)NCCOC1([2H])C. The van der Waals surface area contributed by atoms with Gasteiger partial charge < -0.3 is 10.1 Å². The third kappa shape index (κ3) is 1.20. The lowest BCUT2D eigenvalue weighted by Crippen LogP contribution is -2.44. The summed E-state index contributed by atoms with van der Waals surface area (Å²) in [5.41, 5.74) is 0. The van der Waals surface area contributed by atoms with Crippen LogP contribution in [0.5, 0.6) is 0 Å². The molecule has 0 saturated carbocycles. The van der Waals surface area contributed by atoms with Crippen molar-refractivity contribution in [2.45, 2.75) is 25.9 Å². The molecule has 2 unspecified atom stereocenters. The Kier molecular flexibility index (Phi) is 1.19. The van der Waals surface area contributed by atoms with Gasteiger partial charge in [0.05, 0.1) is 14.1 Å². The number of hydrogen-bond acceptors (Lipinski definition) is 2. The number of rotatable bonds is 0. The van der Waals surface area contributed by atoms with Crippen molar-refractivity contribution in [2.75, 3.05) is 13.2 Å². The van der Waals surface area contributed by atoms with Crippen LogP contribution in [0, 0.1) is 0 Å². The molecule has 0 bridgehead atoms. The second-order valence-electron chi connectivity index (χ2n) is 1.96. The zero-order valence-electron chi connectivity index (χ0n) is 7.32. The summed E-state index contributed by atoms with van der Waals surface area (Å²) in [7, 11) is 0. The molecule has 1 rings (SSSR count). The molecular formula is C6H13NO. The van der Waals surface area contributed by atoms with Crippen LogP contribution in [0.15, 0.2) is 0 Å². The van der Waals surface area contributed by atoms with Gasteiger partial charge in [-0.1, -0.05) is 0 Å². The average Bonchev–Trinajstić information content (AvgIpc) is 1.77. The van der Waals surface area contributed by atoms with Gasteiger partial charge in [-0.25, -0.2) is 0 Å². The van der Waals surface area contributed by atoms with E-state index in [1.54, 1.807) is 13.8 Å². The van der Waals surface area contributed by atoms with Crippen molar-refractivity contribution in [3.8, 4) is 0 Å². The van der Waals surface area contributed by atoms with Crippen LogP contribution in [0.4, 0.5) is 0 Å². The number of morpholine rings is 1. The van der Waals surface area contributed by atoms with Gasteiger partial charge in [-0.05, 0) is 13.8 Å². The first-order chi connectivity index (χ1) is 4.46. The molecule has 1 saturated heterocycles. The molecule has 0 aromatic rings. The van der Waals surface area contributed by atoms with E-state index in [1.807, 2.05) is 0 Å². The molecule has 0 aromatic heterocycles. The predicted octanol–water partition coefficient (Wildman–Crippen LogP) is 0.383. The van der Waals surface area contributed by atoms with Crippen molar-refractivity contribution >= 4 is 0 Å². The van der Waals surface area contributed by atoms with Crippen LogP contribution in [0.25, 0.3) is 0 Å². The van der Waals surface area contributed by atoms with E-state index < -0.39 is 12.1 Å². The lowest BCUT2D eigenvalue weighted by atomic mass is 10.2. The molecular weight excluding hydrogens is 102 g/mol. The lowest BCUT2D eigenvalue weighted by Gasteiger charge is -2.26. The molecule has 0 aliphatic carbocycles. The first kappa shape index (κ1) is 3.85. The van der Waals surface area contributed by atoms with Gasteiger partial charge in [-0.15, -0.1) is 0 Å². The summed E-state index contributed by atoms with van der Waals surface area (Å²) in [6.07, 6.45) is -1.12. The van der Waals surface area contributed by atoms with Gasteiger partial charge in [0, 0.05) is 13.9 Å². The fourth-order valence-electron chi connectivity index (χ4n) is 0.675. The van der Waals surface area contributed by atoms with Gasteiger partial charge in [0.1, 0.15) is 0 Å². The molecule has 1 aliphatic heterocycles. The topological polar surface area (TPSA) is 21.3 Å². The molecule has 1 fully saturated rings. The standard InChI is InChI=1S/C6H13NO/c1-5-6(2)8-4-3-7-5/h5-7H,3-4H2,1-2H3/i5D,6D. The Balaban J connectivity index is 2.70. The van der Waals surface area contributed by atoms with Gasteiger partial charge in [0.2, 0.25) is 0 Å². The van der Waals surface area contributed by atoms with Crippen LogP contribution >= 0.6 is 0 Å². The first-order valence-electron chi connectivity index (χ1n) is 3.85. The Hall–Kier alpha value is -0.0800. The predicted molar refractivity (Wildman–Crippen MR) is 32.9 cm³/mol. The van der Waals surface area contributed by atoms with Crippen LogP contribution < -0.4 is 5.32 Å². The summed E-state index contributed by atoms with van der Waals surface area (Å²) in [6, 6.07) is -0.981. The first-order valence-corrected chi connectivity index (χ1v) is 2.85. The zero-order valence-corrected chi connectivity index (χ0v) is 5.32. The Labute approximate surface area is 53.0 Å². The van der Waals surface area contributed by atoms with Crippen molar-refractivity contribution in [1.82, 2.24) is 5.32 Å². The quantitative estimate of drug-likeness (QED) is 0.495. The van der Waals surface area contributed by atoms with Crippen molar-refractivity contribution in [1.29, 1.82) is 0 Å². The summed E-state index contributed by atoms with van der Waals surface area (Å²) in [6.45, 7) is 4.44. The maximum Gasteiger partial charge on any atom is 0.0697 e. The fraction of sp³-hybridized carbons (Fsp3) is 1.00. The second kappa shape index (κ2) is 2.46. The van der Waals surface area contributed by atoms with Crippen LogP contribution in [0.3, 0.4) is 0 Å². The van der Waals surface area contributed by atoms with E-state index in [9.17, 15) is 0 Å². The molecule has 0 aromatic carbocycles. The number of nitrogens with one attached hydrogen (secondary N) is 1. The minimum atomic E-state index is -1.12. The lowest BCUT2D eigenvalue weighted by molar-refractivity contribution is 0.0135. The molecule has 48 valence electrons. The van der Waals surface area contributed by atoms with Crippen LogP contribution in [0.2, 0.25) is 0 Å². The third-order valence-corrected chi connectivity index (χ3v) is 1.34. The molecule has 2 heteroatoms. The van der Waals surface area contributed by atoms with E-state index in [0.29, 0.717) is 13.2 Å². The van der Waals surface area contributed by atoms with Gasteiger partial charge in [-0.2, -0.15) is 0 Å². The summed E-state index contributed by atoms with van der Waals surface area (Å²) in [5, 5.41) is 2.90. The van der Waals surface area contributed by atoms with Gasteiger partial charge in [-0.3, -0.25) is 0 Å².